The predicted molar refractivity (Wildman–Crippen MR) is 58.2 cm³/mol. The first-order chi connectivity index (χ1) is 6.81. The van der Waals surface area contributed by atoms with Crippen LogP contribution in [0.1, 0.15) is 37.1 Å². The third-order valence-electron chi connectivity index (χ3n) is 2.56. The zero-order valence-electron chi connectivity index (χ0n) is 8.32. The lowest BCUT2D eigenvalue weighted by Crippen LogP contribution is -2.28. The third-order valence-corrected chi connectivity index (χ3v) is 3.55. The monoisotopic (exact) mass is 209 g/mol. The fourth-order valence-electron chi connectivity index (χ4n) is 1.50. The van der Waals surface area contributed by atoms with E-state index in [9.17, 15) is 4.79 Å². The van der Waals surface area contributed by atoms with Crippen molar-refractivity contribution >= 4 is 17.2 Å². The number of hydrogen-bond donors (Lipinski definition) is 1. The molecule has 0 aromatic carbocycles. The lowest BCUT2D eigenvalue weighted by atomic mass is 10.2. The van der Waals surface area contributed by atoms with Gasteiger partial charge >= 0.3 is 0 Å². The van der Waals surface area contributed by atoms with Crippen molar-refractivity contribution in [3.63, 3.8) is 0 Å². The summed E-state index contributed by atoms with van der Waals surface area (Å²) in [6.45, 7) is 2.11. The lowest BCUT2D eigenvalue weighted by molar-refractivity contribution is -0.123. The molecule has 1 aromatic heterocycles. The molecule has 1 saturated carbocycles. The summed E-state index contributed by atoms with van der Waals surface area (Å²) < 4.78 is 0. The number of amides is 1. The van der Waals surface area contributed by atoms with Gasteiger partial charge in [-0.2, -0.15) is 0 Å². The minimum absolute atomic E-state index is 0.225. The molecule has 1 heterocycles. The van der Waals surface area contributed by atoms with Crippen molar-refractivity contribution in [2.75, 3.05) is 0 Å². The molecule has 2 nitrogen and oxygen atoms in total. The molecule has 0 saturated heterocycles. The van der Waals surface area contributed by atoms with Crippen LogP contribution < -0.4 is 5.32 Å². The van der Waals surface area contributed by atoms with Crippen LogP contribution in [0.4, 0.5) is 0 Å². The summed E-state index contributed by atoms with van der Waals surface area (Å²) >= 11 is 1.71. The average Bonchev–Trinajstić information content (AvgIpc) is 2.91. The maximum atomic E-state index is 11.6. The van der Waals surface area contributed by atoms with Crippen molar-refractivity contribution in [1.82, 2.24) is 5.32 Å². The highest BCUT2D eigenvalue weighted by molar-refractivity contribution is 7.10. The van der Waals surface area contributed by atoms with E-state index in [2.05, 4.69) is 23.7 Å². The Morgan fingerprint density at radius 3 is 3.00 bits per heavy atom. The summed E-state index contributed by atoms with van der Waals surface area (Å²) in [4.78, 5) is 12.8. The van der Waals surface area contributed by atoms with Crippen LogP contribution in [0.2, 0.25) is 0 Å². The van der Waals surface area contributed by atoms with Gasteiger partial charge in [-0.1, -0.05) is 13.0 Å². The summed E-state index contributed by atoms with van der Waals surface area (Å²) in [6.07, 6.45) is 3.12. The van der Waals surface area contributed by atoms with Crippen molar-refractivity contribution in [1.29, 1.82) is 0 Å². The summed E-state index contributed by atoms with van der Waals surface area (Å²) in [5, 5.41) is 5.16. The van der Waals surface area contributed by atoms with Crippen LogP contribution in [0.25, 0.3) is 0 Å². The van der Waals surface area contributed by atoms with E-state index >= 15 is 0 Å². The van der Waals surface area contributed by atoms with Gasteiger partial charge in [-0.15, -0.1) is 11.3 Å². The van der Waals surface area contributed by atoms with E-state index in [1.54, 1.807) is 11.3 Å². The molecule has 0 aliphatic heterocycles. The zero-order chi connectivity index (χ0) is 9.97. The zero-order valence-corrected chi connectivity index (χ0v) is 9.14. The standard InChI is InChI=1S/C11H15NOS/c1-2-9(10-4-3-7-14-10)12-11(13)8-5-6-8/h3-4,7-9H,2,5-6H2,1H3,(H,12,13). The average molecular weight is 209 g/mol. The van der Waals surface area contributed by atoms with Gasteiger partial charge in [0, 0.05) is 10.8 Å². The van der Waals surface area contributed by atoms with Gasteiger partial charge in [-0.3, -0.25) is 4.79 Å². The van der Waals surface area contributed by atoms with E-state index in [1.165, 1.54) is 4.88 Å². The summed E-state index contributed by atoms with van der Waals surface area (Å²) in [7, 11) is 0. The van der Waals surface area contributed by atoms with E-state index in [0.29, 0.717) is 5.92 Å². The number of nitrogens with one attached hydrogen (secondary N) is 1. The summed E-state index contributed by atoms with van der Waals surface area (Å²) in [6, 6.07) is 4.35. The molecule has 1 amide bonds. The molecular formula is C11H15NOS. The third kappa shape index (κ3) is 2.15. The smallest absolute Gasteiger partial charge is 0.223 e. The molecule has 1 unspecified atom stereocenters. The van der Waals surface area contributed by atoms with E-state index in [0.717, 1.165) is 19.3 Å². The molecule has 0 bridgehead atoms. The van der Waals surface area contributed by atoms with Gasteiger partial charge in [-0.25, -0.2) is 0 Å². The number of carbonyl (C=O) groups excluding carboxylic acids is 1. The molecule has 1 aliphatic carbocycles. The molecule has 3 heteroatoms. The van der Waals surface area contributed by atoms with Crippen molar-refractivity contribution in [3.05, 3.63) is 22.4 Å². The minimum atomic E-state index is 0.225. The number of rotatable bonds is 4. The number of hydrogen-bond acceptors (Lipinski definition) is 2. The van der Waals surface area contributed by atoms with Crippen LogP contribution >= 0.6 is 11.3 Å². The first kappa shape index (κ1) is 9.71. The topological polar surface area (TPSA) is 29.1 Å². The highest BCUT2D eigenvalue weighted by Gasteiger charge is 2.30. The number of carbonyl (C=O) groups is 1. The van der Waals surface area contributed by atoms with E-state index in [-0.39, 0.29) is 11.9 Å². The van der Waals surface area contributed by atoms with Crippen LogP contribution in [-0.4, -0.2) is 5.91 Å². The fraction of sp³-hybridized carbons (Fsp3) is 0.545. The van der Waals surface area contributed by atoms with Gasteiger partial charge in [0.1, 0.15) is 0 Å². The fourth-order valence-corrected chi connectivity index (χ4v) is 2.36. The quantitative estimate of drug-likeness (QED) is 0.811. The minimum Gasteiger partial charge on any atom is -0.348 e. The van der Waals surface area contributed by atoms with Gasteiger partial charge in [-0.05, 0) is 30.7 Å². The van der Waals surface area contributed by atoms with E-state index in [4.69, 9.17) is 0 Å². The lowest BCUT2D eigenvalue weighted by Gasteiger charge is -2.14. The second kappa shape index (κ2) is 4.13. The molecule has 14 heavy (non-hydrogen) atoms. The van der Waals surface area contributed by atoms with Gasteiger partial charge in [0.05, 0.1) is 6.04 Å². The van der Waals surface area contributed by atoms with Gasteiger partial charge < -0.3 is 5.32 Å². The second-order valence-corrected chi connectivity index (χ2v) is 4.74. The molecule has 1 fully saturated rings. The van der Waals surface area contributed by atoms with E-state index in [1.807, 2.05) is 6.07 Å². The molecular weight excluding hydrogens is 194 g/mol. The Morgan fingerprint density at radius 1 is 1.71 bits per heavy atom. The molecule has 1 atom stereocenters. The van der Waals surface area contributed by atoms with Crippen molar-refractivity contribution in [2.24, 2.45) is 5.92 Å². The van der Waals surface area contributed by atoms with Crippen molar-refractivity contribution in [2.45, 2.75) is 32.2 Å². The van der Waals surface area contributed by atoms with Crippen LogP contribution in [0, 0.1) is 5.92 Å². The molecule has 0 radical (unpaired) electrons. The maximum Gasteiger partial charge on any atom is 0.223 e. The van der Waals surface area contributed by atoms with Crippen molar-refractivity contribution in [3.8, 4) is 0 Å². The summed E-state index contributed by atoms with van der Waals surface area (Å²) in [5.41, 5.74) is 0. The van der Waals surface area contributed by atoms with Crippen LogP contribution in [-0.2, 0) is 4.79 Å². The molecule has 1 N–H and O–H groups in total. The molecule has 0 spiro atoms. The normalized spacial score (nSPS) is 17.8. The molecule has 76 valence electrons. The van der Waals surface area contributed by atoms with Crippen LogP contribution in [0.15, 0.2) is 17.5 Å². The molecule has 1 aromatic rings. The first-order valence-electron chi connectivity index (χ1n) is 5.15. The maximum absolute atomic E-state index is 11.6. The SMILES string of the molecule is CCC(NC(=O)C1CC1)c1cccs1. The van der Waals surface area contributed by atoms with Gasteiger partial charge in [0.25, 0.3) is 0 Å². The Balaban J connectivity index is 1.96. The largest absolute Gasteiger partial charge is 0.348 e. The van der Waals surface area contributed by atoms with Crippen LogP contribution in [0.3, 0.4) is 0 Å². The highest BCUT2D eigenvalue weighted by atomic mass is 32.1. The molecule has 2 rings (SSSR count). The Labute approximate surface area is 88.3 Å². The van der Waals surface area contributed by atoms with Crippen molar-refractivity contribution < 1.29 is 4.79 Å². The highest BCUT2D eigenvalue weighted by Crippen LogP contribution is 2.30. The Hall–Kier alpha value is -0.830. The molecule has 1 aliphatic rings. The Kier molecular flexibility index (Phi) is 2.87. The first-order valence-corrected chi connectivity index (χ1v) is 6.03. The summed E-state index contributed by atoms with van der Waals surface area (Å²) in [5.74, 6) is 0.550. The van der Waals surface area contributed by atoms with Gasteiger partial charge in [0.15, 0.2) is 0 Å². The number of thiophene rings is 1. The van der Waals surface area contributed by atoms with Crippen LogP contribution in [0.5, 0.6) is 0 Å². The van der Waals surface area contributed by atoms with Gasteiger partial charge in [0.2, 0.25) is 5.91 Å². The second-order valence-electron chi connectivity index (χ2n) is 3.76. The Morgan fingerprint density at radius 2 is 2.50 bits per heavy atom. The predicted octanol–water partition coefficient (Wildman–Crippen LogP) is 2.73. The van der Waals surface area contributed by atoms with E-state index < -0.39 is 0 Å². The Bertz CT molecular complexity index is 303.